The van der Waals surface area contributed by atoms with Gasteiger partial charge in [-0.1, -0.05) is 6.07 Å². The van der Waals surface area contributed by atoms with Gasteiger partial charge < -0.3 is 14.6 Å². The van der Waals surface area contributed by atoms with Crippen molar-refractivity contribution in [2.75, 3.05) is 13.4 Å². The lowest BCUT2D eigenvalue weighted by Gasteiger charge is -2.07. The number of nitrogens with zero attached hydrogens (tertiary/aromatic N) is 1. The third-order valence-corrected chi connectivity index (χ3v) is 2.95. The van der Waals surface area contributed by atoms with E-state index in [9.17, 15) is 14.9 Å². The fraction of sp³-hybridized carbons (Fsp3) is 0.357. The Labute approximate surface area is 120 Å². The Balaban J connectivity index is 2.01. The van der Waals surface area contributed by atoms with Crippen LogP contribution in [0.2, 0.25) is 0 Å². The van der Waals surface area contributed by atoms with Gasteiger partial charge in [0.25, 0.3) is 0 Å². The quantitative estimate of drug-likeness (QED) is 0.260. The van der Waals surface area contributed by atoms with Gasteiger partial charge in [0.1, 0.15) is 0 Å². The number of rotatable bonds is 8. The lowest BCUT2D eigenvalue weighted by atomic mass is 10.1. The average molecular weight is 293 g/mol. The molecule has 7 nitrogen and oxygen atoms in total. The summed E-state index contributed by atoms with van der Waals surface area (Å²) in [6, 6.07) is 4.23. The van der Waals surface area contributed by atoms with Crippen LogP contribution in [0.3, 0.4) is 0 Å². The molecule has 1 saturated carbocycles. The van der Waals surface area contributed by atoms with Crippen LogP contribution < -0.4 is 4.74 Å². The smallest absolute Gasteiger partial charge is 0.328 e. The van der Waals surface area contributed by atoms with Crippen LogP contribution in [-0.2, 0) is 9.53 Å². The molecule has 2 rings (SSSR count). The lowest BCUT2D eigenvalue weighted by molar-refractivity contribution is -0.386. The highest BCUT2D eigenvalue weighted by molar-refractivity contribution is 5.85. The van der Waals surface area contributed by atoms with Crippen molar-refractivity contribution in [2.45, 2.75) is 12.8 Å². The Hall–Kier alpha value is -2.41. The van der Waals surface area contributed by atoms with E-state index in [4.69, 9.17) is 14.6 Å². The number of ether oxygens (including phenoxy) is 2. The summed E-state index contributed by atoms with van der Waals surface area (Å²) in [5.74, 6) is -0.429. The van der Waals surface area contributed by atoms with Crippen LogP contribution in [0.15, 0.2) is 24.3 Å². The van der Waals surface area contributed by atoms with Gasteiger partial charge in [-0.25, -0.2) is 4.79 Å². The predicted molar refractivity (Wildman–Crippen MR) is 73.9 cm³/mol. The molecule has 0 unspecified atom stereocenters. The summed E-state index contributed by atoms with van der Waals surface area (Å²) in [6.45, 7) is 0.564. The molecule has 1 aromatic carbocycles. The van der Waals surface area contributed by atoms with Crippen molar-refractivity contribution in [2.24, 2.45) is 5.92 Å². The SMILES string of the molecule is O=C(O)/C=C/c1ccc(OCOCC2CC2)c([N+](=O)[O-])c1. The zero-order valence-electron chi connectivity index (χ0n) is 11.2. The minimum absolute atomic E-state index is 0.0400. The van der Waals surface area contributed by atoms with Crippen LogP contribution in [0.5, 0.6) is 5.75 Å². The molecular formula is C14H15NO6. The Morgan fingerprint density at radius 3 is 2.86 bits per heavy atom. The average Bonchev–Trinajstić information content (AvgIpc) is 3.26. The molecule has 0 aromatic heterocycles. The molecule has 21 heavy (non-hydrogen) atoms. The first-order valence-electron chi connectivity index (χ1n) is 6.46. The first kappa shape index (κ1) is 15.0. The van der Waals surface area contributed by atoms with E-state index in [1.165, 1.54) is 18.2 Å². The molecule has 1 fully saturated rings. The molecule has 0 atom stereocenters. The molecule has 1 N–H and O–H groups in total. The normalized spacial score (nSPS) is 14.3. The molecule has 0 radical (unpaired) electrons. The second kappa shape index (κ2) is 6.85. The topological polar surface area (TPSA) is 98.9 Å². The van der Waals surface area contributed by atoms with Crippen molar-refractivity contribution < 1.29 is 24.3 Å². The summed E-state index contributed by atoms with van der Waals surface area (Å²) in [6.07, 6.45) is 4.51. The first-order valence-corrected chi connectivity index (χ1v) is 6.46. The van der Waals surface area contributed by atoms with E-state index in [1.54, 1.807) is 6.07 Å². The summed E-state index contributed by atoms with van der Waals surface area (Å²) >= 11 is 0. The van der Waals surface area contributed by atoms with E-state index in [2.05, 4.69) is 0 Å². The highest BCUT2D eigenvalue weighted by Crippen LogP contribution is 2.30. The van der Waals surface area contributed by atoms with E-state index in [1.807, 2.05) is 0 Å². The molecule has 1 aromatic rings. The van der Waals surface area contributed by atoms with Crippen molar-refractivity contribution in [1.82, 2.24) is 0 Å². The molecule has 1 aliphatic carbocycles. The van der Waals surface area contributed by atoms with E-state index in [-0.39, 0.29) is 18.2 Å². The molecule has 0 saturated heterocycles. The predicted octanol–water partition coefficient (Wildman–Crippen LogP) is 2.46. The Kier molecular flexibility index (Phi) is 4.89. The molecule has 1 aliphatic rings. The fourth-order valence-corrected chi connectivity index (χ4v) is 1.67. The molecule has 112 valence electrons. The number of carboxylic acids is 1. The summed E-state index contributed by atoms with van der Waals surface area (Å²) < 4.78 is 10.5. The monoisotopic (exact) mass is 293 g/mol. The number of carbonyl (C=O) groups is 1. The number of benzene rings is 1. The molecular weight excluding hydrogens is 278 g/mol. The number of nitro groups is 1. The summed E-state index contributed by atoms with van der Waals surface area (Å²) in [5.41, 5.74) is 0.188. The number of nitro benzene ring substituents is 1. The molecule has 0 heterocycles. The van der Waals surface area contributed by atoms with Crippen LogP contribution >= 0.6 is 0 Å². The van der Waals surface area contributed by atoms with Gasteiger partial charge in [-0.2, -0.15) is 0 Å². The second-order valence-corrected chi connectivity index (χ2v) is 4.73. The zero-order valence-corrected chi connectivity index (χ0v) is 11.2. The largest absolute Gasteiger partial charge is 0.478 e. The minimum Gasteiger partial charge on any atom is -0.478 e. The Morgan fingerprint density at radius 1 is 1.48 bits per heavy atom. The van der Waals surface area contributed by atoms with E-state index in [0.717, 1.165) is 18.9 Å². The third-order valence-electron chi connectivity index (χ3n) is 2.95. The van der Waals surface area contributed by atoms with E-state index < -0.39 is 10.9 Å². The molecule has 7 heteroatoms. The maximum atomic E-state index is 11.0. The summed E-state index contributed by atoms with van der Waals surface area (Å²) in [7, 11) is 0. The molecule has 0 spiro atoms. The molecule has 0 amide bonds. The molecule has 0 aliphatic heterocycles. The van der Waals surface area contributed by atoms with Crippen LogP contribution in [0, 0.1) is 16.0 Å². The van der Waals surface area contributed by atoms with Crippen LogP contribution in [0.25, 0.3) is 6.08 Å². The summed E-state index contributed by atoms with van der Waals surface area (Å²) in [4.78, 5) is 20.9. The second-order valence-electron chi connectivity index (χ2n) is 4.73. The van der Waals surface area contributed by atoms with Crippen molar-refractivity contribution in [3.63, 3.8) is 0 Å². The van der Waals surface area contributed by atoms with Gasteiger partial charge in [0.15, 0.2) is 12.5 Å². The lowest BCUT2D eigenvalue weighted by Crippen LogP contribution is -2.06. The summed E-state index contributed by atoms with van der Waals surface area (Å²) in [5, 5.41) is 19.5. The third kappa shape index (κ3) is 4.88. The number of hydrogen-bond donors (Lipinski definition) is 1. The zero-order chi connectivity index (χ0) is 15.2. The fourth-order valence-electron chi connectivity index (χ4n) is 1.67. The maximum Gasteiger partial charge on any atom is 0.328 e. The van der Waals surface area contributed by atoms with Gasteiger partial charge in [-0.15, -0.1) is 0 Å². The van der Waals surface area contributed by atoms with E-state index in [0.29, 0.717) is 18.1 Å². The maximum absolute atomic E-state index is 11.0. The Bertz CT molecular complexity index is 565. The number of carboxylic acid groups (broad SMARTS) is 1. The number of aliphatic carboxylic acids is 1. The first-order chi connectivity index (χ1) is 10.1. The van der Waals surface area contributed by atoms with Crippen molar-refractivity contribution in [1.29, 1.82) is 0 Å². The number of hydrogen-bond acceptors (Lipinski definition) is 5. The molecule has 0 bridgehead atoms. The minimum atomic E-state index is -1.12. The van der Waals surface area contributed by atoms with Crippen molar-refractivity contribution in [3.05, 3.63) is 40.0 Å². The van der Waals surface area contributed by atoms with Crippen molar-refractivity contribution in [3.8, 4) is 5.75 Å². The van der Waals surface area contributed by atoms with Gasteiger partial charge in [0, 0.05) is 12.1 Å². The highest BCUT2D eigenvalue weighted by atomic mass is 16.7. The van der Waals surface area contributed by atoms with Crippen LogP contribution in [-0.4, -0.2) is 29.4 Å². The van der Waals surface area contributed by atoms with Gasteiger partial charge >= 0.3 is 11.7 Å². The van der Waals surface area contributed by atoms with Gasteiger partial charge in [0.05, 0.1) is 11.5 Å². The Morgan fingerprint density at radius 2 is 2.24 bits per heavy atom. The van der Waals surface area contributed by atoms with Gasteiger partial charge in [-0.3, -0.25) is 10.1 Å². The van der Waals surface area contributed by atoms with Crippen molar-refractivity contribution >= 4 is 17.7 Å². The van der Waals surface area contributed by atoms with Gasteiger partial charge in [-0.05, 0) is 36.5 Å². The van der Waals surface area contributed by atoms with E-state index >= 15 is 0 Å². The highest BCUT2D eigenvalue weighted by Gasteiger charge is 2.21. The van der Waals surface area contributed by atoms with Crippen LogP contribution in [0.4, 0.5) is 5.69 Å². The van der Waals surface area contributed by atoms with Crippen LogP contribution in [0.1, 0.15) is 18.4 Å². The standard InChI is InChI=1S/C14H15NO6/c16-14(17)6-4-10-3-5-13(12(7-10)15(18)19)21-9-20-8-11-1-2-11/h3-7,11H,1-2,8-9H2,(H,16,17)/b6-4+. The van der Waals surface area contributed by atoms with Gasteiger partial charge in [0.2, 0.25) is 0 Å².